The van der Waals surface area contributed by atoms with Crippen LogP contribution in [0, 0.1) is 32.1 Å². The molecule has 172 valence electrons. The van der Waals surface area contributed by atoms with Gasteiger partial charge < -0.3 is 9.73 Å². The van der Waals surface area contributed by atoms with Gasteiger partial charge in [0.25, 0.3) is 6.43 Å². The van der Waals surface area contributed by atoms with Crippen molar-refractivity contribution in [3.8, 4) is 17.5 Å². The quantitative estimate of drug-likeness (QED) is 0.384. The Bertz CT molecular complexity index is 1510. The van der Waals surface area contributed by atoms with E-state index in [1.54, 1.807) is 32.0 Å². The lowest BCUT2D eigenvalue weighted by molar-refractivity contribution is 0.146. The molecule has 0 amide bonds. The third-order valence-corrected chi connectivity index (χ3v) is 5.60. The van der Waals surface area contributed by atoms with Crippen LogP contribution < -0.4 is 10.7 Å². The average molecular weight is 460 g/mol. The normalized spacial score (nSPS) is 12.1. The van der Waals surface area contributed by atoms with E-state index in [-0.39, 0.29) is 34.2 Å². The smallest absolute Gasteiger partial charge is 0.280 e. The summed E-state index contributed by atoms with van der Waals surface area (Å²) in [6.45, 7) is 7.15. The Hall–Kier alpha value is -4.12. The maximum atomic E-state index is 13.3. The van der Waals surface area contributed by atoms with E-state index in [1.807, 2.05) is 19.9 Å². The first-order valence-corrected chi connectivity index (χ1v) is 10.7. The summed E-state index contributed by atoms with van der Waals surface area (Å²) < 4.78 is 32.6. The molecule has 8 heteroatoms. The molecular weight excluding hydrogens is 438 g/mol. The average Bonchev–Trinajstić information content (AvgIpc) is 2.82. The van der Waals surface area contributed by atoms with E-state index < -0.39 is 12.1 Å². The molecule has 0 fully saturated rings. The number of nitriles is 1. The maximum Gasteiger partial charge on any atom is 0.280 e. The number of nitrogens with one attached hydrogen (secondary N) is 1. The number of nitrogens with zero attached hydrogens (tertiary/aromatic N) is 3. The Morgan fingerprint density at radius 3 is 2.56 bits per heavy atom. The van der Waals surface area contributed by atoms with Crippen molar-refractivity contribution in [1.29, 1.82) is 5.26 Å². The number of halogens is 2. The topological polar surface area (TPSA) is 91.8 Å². The second-order valence-electron chi connectivity index (χ2n) is 8.19. The van der Waals surface area contributed by atoms with Crippen molar-refractivity contribution in [2.75, 3.05) is 5.32 Å². The van der Waals surface area contributed by atoms with Gasteiger partial charge in [0.05, 0.1) is 17.1 Å². The highest BCUT2D eigenvalue weighted by Gasteiger charge is 2.21. The molecule has 0 bridgehead atoms. The first kappa shape index (κ1) is 23.1. The monoisotopic (exact) mass is 460 g/mol. The standard InChI is InChI=1S/C26H22F2N4O2/c1-13-10-17(16(4)31-19-9-8-14(2)30-22(19)12-29)25-18(11-13)23(33)15(3)24(34-25)20-6-5-7-21(32-20)26(27)28/h5-11,16,26,31H,1-4H3/t16-/m1/s1. The van der Waals surface area contributed by atoms with Gasteiger partial charge in [-0.05, 0) is 63.6 Å². The lowest BCUT2D eigenvalue weighted by Crippen LogP contribution is -2.13. The van der Waals surface area contributed by atoms with E-state index in [9.17, 15) is 18.8 Å². The minimum absolute atomic E-state index is 0.145. The Kier molecular flexibility index (Phi) is 6.12. The number of pyridine rings is 2. The third-order valence-electron chi connectivity index (χ3n) is 5.60. The first-order chi connectivity index (χ1) is 16.2. The SMILES string of the molecule is Cc1cc([C@@H](C)Nc2ccc(C)nc2C#N)c2oc(-c3cccc(C(F)F)n3)c(C)c(=O)c2c1. The molecule has 34 heavy (non-hydrogen) atoms. The van der Waals surface area contributed by atoms with Crippen molar-refractivity contribution in [3.05, 3.63) is 86.5 Å². The highest BCUT2D eigenvalue weighted by Crippen LogP contribution is 2.32. The molecule has 1 atom stereocenters. The number of aryl methyl sites for hydroxylation is 2. The van der Waals surface area contributed by atoms with Crippen molar-refractivity contribution >= 4 is 16.7 Å². The molecule has 1 aromatic carbocycles. The van der Waals surface area contributed by atoms with E-state index in [1.165, 1.54) is 18.2 Å². The summed E-state index contributed by atoms with van der Waals surface area (Å²) >= 11 is 0. The van der Waals surface area contributed by atoms with Gasteiger partial charge in [0.2, 0.25) is 0 Å². The summed E-state index contributed by atoms with van der Waals surface area (Å²) in [7, 11) is 0. The lowest BCUT2D eigenvalue weighted by Gasteiger charge is -2.19. The van der Waals surface area contributed by atoms with Crippen molar-refractivity contribution in [2.24, 2.45) is 0 Å². The minimum Gasteiger partial charge on any atom is -0.454 e. The summed E-state index contributed by atoms with van der Waals surface area (Å²) in [4.78, 5) is 21.5. The molecule has 0 radical (unpaired) electrons. The number of aromatic nitrogens is 2. The van der Waals surface area contributed by atoms with Crippen LogP contribution in [0.25, 0.3) is 22.4 Å². The minimum atomic E-state index is -2.74. The number of anilines is 1. The molecule has 0 saturated carbocycles. The van der Waals surface area contributed by atoms with E-state index >= 15 is 0 Å². The lowest BCUT2D eigenvalue weighted by atomic mass is 9.99. The molecule has 6 nitrogen and oxygen atoms in total. The molecule has 1 N–H and O–H groups in total. The maximum absolute atomic E-state index is 13.3. The van der Waals surface area contributed by atoms with Crippen molar-refractivity contribution in [3.63, 3.8) is 0 Å². The molecule has 4 rings (SSSR count). The first-order valence-electron chi connectivity index (χ1n) is 10.7. The van der Waals surface area contributed by atoms with Crippen LogP contribution in [0.15, 0.2) is 51.7 Å². The zero-order valence-electron chi connectivity index (χ0n) is 19.1. The molecule has 0 aliphatic carbocycles. The summed E-state index contributed by atoms with van der Waals surface area (Å²) in [5.74, 6) is 0.145. The van der Waals surface area contributed by atoms with E-state index in [0.717, 1.165) is 11.3 Å². The van der Waals surface area contributed by atoms with Gasteiger partial charge >= 0.3 is 0 Å². The second kappa shape index (κ2) is 9.02. The van der Waals surface area contributed by atoms with Crippen LogP contribution in [0.5, 0.6) is 0 Å². The van der Waals surface area contributed by atoms with Crippen LogP contribution in [0.2, 0.25) is 0 Å². The zero-order valence-corrected chi connectivity index (χ0v) is 19.1. The number of benzene rings is 1. The zero-order chi connectivity index (χ0) is 24.6. The molecule has 0 aliphatic heterocycles. The van der Waals surface area contributed by atoms with Gasteiger partial charge in [0.15, 0.2) is 16.9 Å². The van der Waals surface area contributed by atoms with E-state index in [4.69, 9.17) is 4.42 Å². The number of rotatable bonds is 5. The van der Waals surface area contributed by atoms with Crippen LogP contribution in [0.1, 0.15) is 53.2 Å². The van der Waals surface area contributed by atoms with Crippen LogP contribution in [0.4, 0.5) is 14.5 Å². The number of fused-ring (bicyclic) bond motifs is 1. The predicted molar refractivity (Wildman–Crippen MR) is 126 cm³/mol. The van der Waals surface area contributed by atoms with Gasteiger partial charge in [0, 0.05) is 16.8 Å². The fourth-order valence-electron chi connectivity index (χ4n) is 3.90. The number of hydrogen-bond donors (Lipinski definition) is 1. The third kappa shape index (κ3) is 4.25. The molecular formula is C26H22F2N4O2. The summed E-state index contributed by atoms with van der Waals surface area (Å²) in [6, 6.07) is 13.2. The van der Waals surface area contributed by atoms with E-state index in [0.29, 0.717) is 22.2 Å². The second-order valence-corrected chi connectivity index (χ2v) is 8.19. The summed E-state index contributed by atoms with van der Waals surface area (Å²) in [6.07, 6.45) is -2.74. The Morgan fingerprint density at radius 1 is 1.09 bits per heavy atom. The van der Waals surface area contributed by atoms with Crippen molar-refractivity contribution in [1.82, 2.24) is 9.97 Å². The largest absolute Gasteiger partial charge is 0.454 e. The van der Waals surface area contributed by atoms with Gasteiger partial charge in [-0.3, -0.25) is 4.79 Å². The van der Waals surface area contributed by atoms with Crippen LogP contribution >= 0.6 is 0 Å². The van der Waals surface area contributed by atoms with E-state index in [2.05, 4.69) is 21.4 Å². The fourth-order valence-corrected chi connectivity index (χ4v) is 3.90. The highest BCUT2D eigenvalue weighted by atomic mass is 19.3. The number of hydrogen-bond acceptors (Lipinski definition) is 6. The number of alkyl halides is 2. The Labute approximate surface area is 194 Å². The summed E-state index contributed by atoms with van der Waals surface area (Å²) in [5, 5.41) is 13.1. The van der Waals surface area contributed by atoms with Gasteiger partial charge in [-0.2, -0.15) is 5.26 Å². The Morgan fingerprint density at radius 2 is 1.85 bits per heavy atom. The molecule has 0 aliphatic rings. The van der Waals surface area contributed by atoms with Gasteiger partial charge in [-0.1, -0.05) is 12.1 Å². The van der Waals surface area contributed by atoms with Crippen LogP contribution in [0.3, 0.4) is 0 Å². The van der Waals surface area contributed by atoms with Crippen LogP contribution in [-0.2, 0) is 0 Å². The predicted octanol–water partition coefficient (Wildman–Crippen LogP) is 6.16. The van der Waals surface area contributed by atoms with Crippen molar-refractivity contribution < 1.29 is 13.2 Å². The molecule has 3 heterocycles. The van der Waals surface area contributed by atoms with Gasteiger partial charge in [-0.25, -0.2) is 18.7 Å². The molecule has 4 aromatic rings. The van der Waals surface area contributed by atoms with Crippen molar-refractivity contribution in [2.45, 2.75) is 40.2 Å². The molecule has 0 spiro atoms. The Balaban J connectivity index is 1.89. The van der Waals surface area contributed by atoms with Crippen LogP contribution in [-0.4, -0.2) is 9.97 Å². The molecule has 3 aromatic heterocycles. The molecule has 0 saturated heterocycles. The highest BCUT2D eigenvalue weighted by molar-refractivity contribution is 5.84. The fraction of sp³-hybridized carbons (Fsp3) is 0.231. The van der Waals surface area contributed by atoms with Gasteiger partial charge in [0.1, 0.15) is 23.0 Å². The molecule has 0 unspecified atom stereocenters. The van der Waals surface area contributed by atoms with Gasteiger partial charge in [-0.15, -0.1) is 0 Å². The summed E-state index contributed by atoms with van der Waals surface area (Å²) in [5.41, 5.74) is 3.21.